The Morgan fingerprint density at radius 1 is 1.62 bits per heavy atom. The Morgan fingerprint density at radius 3 is 3.23 bits per heavy atom. The summed E-state index contributed by atoms with van der Waals surface area (Å²) in [4.78, 5) is 4.13. The monoisotopic (exact) mass is 239 g/mol. The second kappa shape index (κ2) is 3.18. The van der Waals surface area contributed by atoms with Gasteiger partial charge in [-0.25, -0.2) is 4.98 Å². The van der Waals surface area contributed by atoms with Crippen LogP contribution >= 0.6 is 15.9 Å². The summed E-state index contributed by atoms with van der Waals surface area (Å²) < 4.78 is 2.79. The van der Waals surface area contributed by atoms with Crippen molar-refractivity contribution in [3.63, 3.8) is 0 Å². The zero-order chi connectivity index (χ0) is 9.26. The molecule has 0 aliphatic carbocycles. The summed E-state index contributed by atoms with van der Waals surface area (Å²) in [7, 11) is 0. The third kappa shape index (κ3) is 1.42. The van der Waals surface area contributed by atoms with Crippen LogP contribution in [0.4, 0.5) is 0 Å². The van der Waals surface area contributed by atoms with E-state index in [1.165, 1.54) is 6.21 Å². The average molecular weight is 240 g/mol. The molecule has 2 aromatic heterocycles. The summed E-state index contributed by atoms with van der Waals surface area (Å²) in [6.07, 6.45) is 4.83. The van der Waals surface area contributed by atoms with Gasteiger partial charge < -0.3 is 5.21 Å². The Labute approximate surface area is 82.6 Å². The fourth-order valence-electron chi connectivity index (χ4n) is 1.13. The molecule has 0 aromatic carbocycles. The van der Waals surface area contributed by atoms with Crippen molar-refractivity contribution in [2.45, 2.75) is 0 Å². The molecule has 0 unspecified atom stereocenters. The van der Waals surface area contributed by atoms with Gasteiger partial charge in [-0.2, -0.15) is 0 Å². The van der Waals surface area contributed by atoms with Gasteiger partial charge in [0.15, 0.2) is 0 Å². The number of rotatable bonds is 1. The van der Waals surface area contributed by atoms with Crippen molar-refractivity contribution in [1.29, 1.82) is 0 Å². The lowest BCUT2D eigenvalue weighted by Crippen LogP contribution is -1.89. The minimum atomic E-state index is 0.741. The summed E-state index contributed by atoms with van der Waals surface area (Å²) in [6, 6.07) is 3.78. The molecule has 0 aliphatic heterocycles. The maximum absolute atomic E-state index is 8.37. The van der Waals surface area contributed by atoms with E-state index in [0.717, 1.165) is 15.8 Å². The van der Waals surface area contributed by atoms with Gasteiger partial charge in [-0.05, 0) is 12.1 Å². The largest absolute Gasteiger partial charge is 0.411 e. The van der Waals surface area contributed by atoms with E-state index in [4.69, 9.17) is 5.21 Å². The number of aromatic nitrogens is 2. The lowest BCUT2D eigenvalue weighted by Gasteiger charge is -1.95. The topological polar surface area (TPSA) is 49.9 Å². The molecule has 2 rings (SSSR count). The molecule has 0 aliphatic rings. The Hall–Kier alpha value is -1.36. The van der Waals surface area contributed by atoms with Crippen LogP contribution in [0.2, 0.25) is 0 Å². The molecular formula is C8H6BrN3O. The van der Waals surface area contributed by atoms with Crippen molar-refractivity contribution in [2.24, 2.45) is 5.16 Å². The molecule has 5 heteroatoms. The summed E-state index contributed by atoms with van der Waals surface area (Å²) in [6.45, 7) is 0. The molecule has 0 amide bonds. The Kier molecular flexibility index (Phi) is 2.02. The highest BCUT2D eigenvalue weighted by Gasteiger charge is 2.00. The van der Waals surface area contributed by atoms with Gasteiger partial charge in [-0.3, -0.25) is 4.40 Å². The van der Waals surface area contributed by atoms with Gasteiger partial charge in [0, 0.05) is 10.7 Å². The van der Waals surface area contributed by atoms with Crippen molar-refractivity contribution in [2.75, 3.05) is 0 Å². The Balaban J connectivity index is 2.68. The van der Waals surface area contributed by atoms with Crippen LogP contribution in [-0.2, 0) is 0 Å². The molecule has 0 atom stereocenters. The summed E-state index contributed by atoms with van der Waals surface area (Å²) in [5, 5.41) is 11.3. The van der Waals surface area contributed by atoms with Crippen molar-refractivity contribution in [3.8, 4) is 0 Å². The molecule has 0 radical (unpaired) electrons. The van der Waals surface area contributed by atoms with Crippen LogP contribution in [0.3, 0.4) is 0 Å². The molecule has 0 spiro atoms. The first-order chi connectivity index (χ1) is 6.31. The number of pyridine rings is 1. The van der Waals surface area contributed by atoms with Crippen LogP contribution < -0.4 is 0 Å². The van der Waals surface area contributed by atoms with Gasteiger partial charge in [0.2, 0.25) is 0 Å². The zero-order valence-electron chi connectivity index (χ0n) is 6.55. The Morgan fingerprint density at radius 2 is 2.46 bits per heavy atom. The van der Waals surface area contributed by atoms with E-state index < -0.39 is 0 Å². The van der Waals surface area contributed by atoms with Gasteiger partial charge in [0.05, 0.1) is 18.1 Å². The predicted molar refractivity (Wildman–Crippen MR) is 52.3 cm³/mol. The number of imidazole rings is 1. The number of hydrogen-bond acceptors (Lipinski definition) is 3. The number of hydrogen-bond donors (Lipinski definition) is 1. The molecule has 0 bridgehead atoms. The minimum Gasteiger partial charge on any atom is -0.411 e. The van der Waals surface area contributed by atoms with Crippen LogP contribution in [0.25, 0.3) is 5.65 Å². The zero-order valence-corrected chi connectivity index (χ0v) is 8.14. The maximum Gasteiger partial charge on any atom is 0.138 e. The van der Waals surface area contributed by atoms with Crippen molar-refractivity contribution >= 4 is 27.8 Å². The van der Waals surface area contributed by atoms with E-state index in [0.29, 0.717) is 0 Å². The Bertz CT molecular complexity index is 463. The standard InChI is InChI=1S/C8H6BrN3O/c9-6-1-2-12-7(5-11-13)4-10-8(12)3-6/h1-5,13H/b11-5+. The normalized spacial score (nSPS) is 11.5. The van der Waals surface area contributed by atoms with Gasteiger partial charge in [0.1, 0.15) is 5.65 Å². The fourth-order valence-corrected chi connectivity index (χ4v) is 1.45. The van der Waals surface area contributed by atoms with Gasteiger partial charge in [0.25, 0.3) is 0 Å². The van der Waals surface area contributed by atoms with Crippen LogP contribution in [0, 0.1) is 0 Å². The first-order valence-corrected chi connectivity index (χ1v) is 4.40. The second-order valence-electron chi connectivity index (χ2n) is 2.50. The summed E-state index contributed by atoms with van der Waals surface area (Å²) in [5.41, 5.74) is 1.55. The molecule has 0 fully saturated rings. The number of nitrogens with zero attached hydrogens (tertiary/aromatic N) is 3. The van der Waals surface area contributed by atoms with Crippen LogP contribution in [0.1, 0.15) is 5.69 Å². The van der Waals surface area contributed by atoms with E-state index >= 15 is 0 Å². The SMILES string of the molecule is O/N=C/c1cnc2cc(Br)ccn12. The van der Waals surface area contributed by atoms with E-state index in [9.17, 15) is 0 Å². The second-order valence-corrected chi connectivity index (χ2v) is 3.42. The van der Waals surface area contributed by atoms with Gasteiger partial charge in [-0.1, -0.05) is 21.1 Å². The van der Waals surface area contributed by atoms with Crippen molar-refractivity contribution in [3.05, 3.63) is 34.7 Å². The quantitative estimate of drug-likeness (QED) is 0.470. The number of halogens is 1. The highest BCUT2D eigenvalue weighted by Crippen LogP contribution is 2.12. The van der Waals surface area contributed by atoms with Crippen molar-refractivity contribution in [1.82, 2.24) is 9.38 Å². The smallest absolute Gasteiger partial charge is 0.138 e. The number of fused-ring (bicyclic) bond motifs is 1. The molecule has 66 valence electrons. The molecule has 2 heterocycles. The van der Waals surface area contributed by atoms with E-state index in [1.807, 2.05) is 22.7 Å². The maximum atomic E-state index is 8.37. The van der Waals surface area contributed by atoms with Gasteiger partial charge >= 0.3 is 0 Å². The van der Waals surface area contributed by atoms with Crippen molar-refractivity contribution < 1.29 is 5.21 Å². The lowest BCUT2D eigenvalue weighted by molar-refractivity contribution is 0.321. The average Bonchev–Trinajstić information content (AvgIpc) is 2.49. The molecular weight excluding hydrogens is 234 g/mol. The van der Waals surface area contributed by atoms with E-state index in [-0.39, 0.29) is 0 Å². The predicted octanol–water partition coefficient (Wildman–Crippen LogP) is 1.90. The number of oxime groups is 1. The van der Waals surface area contributed by atoms with Gasteiger partial charge in [-0.15, -0.1) is 0 Å². The molecule has 1 N–H and O–H groups in total. The first kappa shape index (κ1) is 8.25. The molecule has 0 saturated heterocycles. The summed E-state index contributed by atoms with van der Waals surface area (Å²) >= 11 is 3.34. The molecule has 13 heavy (non-hydrogen) atoms. The summed E-state index contributed by atoms with van der Waals surface area (Å²) in [5.74, 6) is 0. The highest BCUT2D eigenvalue weighted by atomic mass is 79.9. The third-order valence-corrected chi connectivity index (χ3v) is 2.19. The minimum absolute atomic E-state index is 0.741. The fraction of sp³-hybridized carbons (Fsp3) is 0. The lowest BCUT2D eigenvalue weighted by atomic mass is 10.4. The van der Waals surface area contributed by atoms with Crippen LogP contribution in [-0.4, -0.2) is 20.8 Å². The molecule has 2 aromatic rings. The van der Waals surface area contributed by atoms with E-state index in [1.54, 1.807) is 6.20 Å². The van der Waals surface area contributed by atoms with Crippen LogP contribution in [0.15, 0.2) is 34.2 Å². The molecule has 0 saturated carbocycles. The third-order valence-electron chi connectivity index (χ3n) is 1.69. The van der Waals surface area contributed by atoms with E-state index in [2.05, 4.69) is 26.1 Å². The molecule has 4 nitrogen and oxygen atoms in total. The first-order valence-electron chi connectivity index (χ1n) is 3.61. The van der Waals surface area contributed by atoms with Crippen LogP contribution in [0.5, 0.6) is 0 Å². The highest BCUT2D eigenvalue weighted by molar-refractivity contribution is 9.10.